The van der Waals surface area contributed by atoms with E-state index in [9.17, 15) is 9.90 Å². The number of hydrogen-bond donors (Lipinski definition) is 3. The van der Waals surface area contributed by atoms with E-state index in [1.165, 1.54) is 0 Å². The van der Waals surface area contributed by atoms with Gasteiger partial charge in [0.05, 0.1) is 17.5 Å². The van der Waals surface area contributed by atoms with Gasteiger partial charge in [-0.3, -0.25) is 4.79 Å². The molecule has 0 radical (unpaired) electrons. The highest BCUT2D eigenvalue weighted by atomic mass is 16.3. The minimum absolute atomic E-state index is 0.333. The van der Waals surface area contributed by atoms with E-state index in [2.05, 4.69) is 0 Å². The van der Waals surface area contributed by atoms with Gasteiger partial charge >= 0.3 is 0 Å². The van der Waals surface area contributed by atoms with Crippen LogP contribution in [0.4, 0.5) is 11.4 Å². The Bertz CT molecular complexity index is 434. The predicted octanol–water partition coefficient (Wildman–Crippen LogP) is 0.329. The maximum absolute atomic E-state index is 11.1. The van der Waals surface area contributed by atoms with Crippen LogP contribution in [0, 0.1) is 0 Å². The zero-order chi connectivity index (χ0) is 12.4. The fourth-order valence-electron chi connectivity index (χ4n) is 2.14. The third kappa shape index (κ3) is 2.50. The number of carbonyl (C=O) groups is 1. The summed E-state index contributed by atoms with van der Waals surface area (Å²) >= 11 is 0. The van der Waals surface area contributed by atoms with Crippen LogP contribution in [0.5, 0.6) is 0 Å². The van der Waals surface area contributed by atoms with Crippen molar-refractivity contribution >= 4 is 17.3 Å². The van der Waals surface area contributed by atoms with Gasteiger partial charge in [-0.2, -0.15) is 0 Å². The first-order valence-electron chi connectivity index (χ1n) is 5.70. The lowest BCUT2D eigenvalue weighted by molar-refractivity contribution is 0.100. The number of hydrogen-bond acceptors (Lipinski definition) is 4. The number of amides is 1. The summed E-state index contributed by atoms with van der Waals surface area (Å²) in [5, 5.41) is 9.64. The molecule has 1 heterocycles. The van der Waals surface area contributed by atoms with E-state index in [0.717, 1.165) is 25.1 Å². The summed E-state index contributed by atoms with van der Waals surface area (Å²) < 4.78 is 0. The number of benzene rings is 1. The molecule has 1 aromatic carbocycles. The molecule has 5 nitrogen and oxygen atoms in total. The number of carbonyl (C=O) groups excluding carboxylic acids is 1. The van der Waals surface area contributed by atoms with Gasteiger partial charge in [0.15, 0.2) is 0 Å². The first-order valence-corrected chi connectivity index (χ1v) is 5.70. The zero-order valence-electron chi connectivity index (χ0n) is 9.60. The highest BCUT2D eigenvalue weighted by Crippen LogP contribution is 2.27. The van der Waals surface area contributed by atoms with Crippen molar-refractivity contribution in [1.82, 2.24) is 0 Å². The first kappa shape index (κ1) is 11.7. The SMILES string of the molecule is NC(=O)c1ccc(N)c(N2CCCC(O)C2)c1. The number of aliphatic hydroxyl groups excluding tert-OH is 1. The maximum atomic E-state index is 11.1. The maximum Gasteiger partial charge on any atom is 0.248 e. The van der Waals surface area contributed by atoms with Crippen LogP contribution in [0.2, 0.25) is 0 Å². The molecule has 1 aliphatic heterocycles. The molecule has 1 aromatic rings. The summed E-state index contributed by atoms with van der Waals surface area (Å²) in [5.41, 5.74) is 13.0. The molecule has 1 amide bonds. The monoisotopic (exact) mass is 235 g/mol. The summed E-state index contributed by atoms with van der Waals surface area (Å²) in [7, 11) is 0. The van der Waals surface area contributed by atoms with Gasteiger partial charge in [-0.25, -0.2) is 0 Å². The van der Waals surface area contributed by atoms with Crippen LogP contribution in [-0.4, -0.2) is 30.2 Å². The Hall–Kier alpha value is -1.75. The van der Waals surface area contributed by atoms with Crippen LogP contribution in [0.1, 0.15) is 23.2 Å². The topological polar surface area (TPSA) is 92.6 Å². The molecule has 1 fully saturated rings. The number of nitrogens with two attached hydrogens (primary N) is 2. The van der Waals surface area contributed by atoms with Gasteiger partial charge < -0.3 is 21.5 Å². The second-order valence-electron chi connectivity index (χ2n) is 4.38. The summed E-state index contributed by atoms with van der Waals surface area (Å²) in [6, 6.07) is 4.98. The minimum atomic E-state index is -0.469. The highest BCUT2D eigenvalue weighted by Gasteiger charge is 2.20. The summed E-state index contributed by atoms with van der Waals surface area (Å²) in [6.07, 6.45) is 1.40. The lowest BCUT2D eigenvalue weighted by Crippen LogP contribution is -2.38. The molecule has 1 aliphatic rings. The largest absolute Gasteiger partial charge is 0.397 e. The van der Waals surface area contributed by atoms with Gasteiger partial charge in [0, 0.05) is 18.7 Å². The van der Waals surface area contributed by atoms with Crippen LogP contribution < -0.4 is 16.4 Å². The molecule has 1 atom stereocenters. The molecule has 0 aromatic heterocycles. The van der Waals surface area contributed by atoms with Crippen molar-refractivity contribution in [1.29, 1.82) is 0 Å². The Labute approximate surface area is 100 Å². The Morgan fingerprint density at radius 2 is 2.24 bits per heavy atom. The van der Waals surface area contributed by atoms with Crippen molar-refractivity contribution in [2.24, 2.45) is 5.73 Å². The Kier molecular flexibility index (Phi) is 3.19. The molecular weight excluding hydrogens is 218 g/mol. The number of anilines is 2. The van der Waals surface area contributed by atoms with Crippen LogP contribution in [0.15, 0.2) is 18.2 Å². The van der Waals surface area contributed by atoms with Crippen molar-refractivity contribution in [2.75, 3.05) is 23.7 Å². The molecule has 0 saturated carbocycles. The third-order valence-corrected chi connectivity index (χ3v) is 3.05. The van der Waals surface area contributed by atoms with Gasteiger partial charge in [-0.1, -0.05) is 0 Å². The molecular formula is C12H17N3O2. The third-order valence-electron chi connectivity index (χ3n) is 3.05. The number of aliphatic hydroxyl groups is 1. The number of β-amino-alcohol motifs (C(OH)–C–C–N with tert-alkyl or cyclic N) is 1. The Balaban J connectivity index is 2.29. The van der Waals surface area contributed by atoms with Crippen molar-refractivity contribution in [2.45, 2.75) is 18.9 Å². The quantitative estimate of drug-likeness (QED) is 0.644. The highest BCUT2D eigenvalue weighted by molar-refractivity contribution is 5.95. The van der Waals surface area contributed by atoms with E-state index in [1.54, 1.807) is 18.2 Å². The number of piperidine rings is 1. The number of rotatable bonds is 2. The van der Waals surface area contributed by atoms with Crippen molar-refractivity contribution in [3.8, 4) is 0 Å². The van der Waals surface area contributed by atoms with Gasteiger partial charge in [0.1, 0.15) is 0 Å². The Morgan fingerprint density at radius 3 is 2.88 bits per heavy atom. The smallest absolute Gasteiger partial charge is 0.248 e. The van der Waals surface area contributed by atoms with Gasteiger partial charge in [0.25, 0.3) is 0 Å². The summed E-state index contributed by atoms with van der Waals surface area (Å²) in [6.45, 7) is 1.38. The number of primary amides is 1. The van der Waals surface area contributed by atoms with Crippen molar-refractivity contribution in [3.63, 3.8) is 0 Å². The molecule has 1 saturated heterocycles. The fraction of sp³-hybridized carbons (Fsp3) is 0.417. The second kappa shape index (κ2) is 4.63. The van der Waals surface area contributed by atoms with E-state index >= 15 is 0 Å². The second-order valence-corrected chi connectivity index (χ2v) is 4.38. The molecule has 92 valence electrons. The van der Waals surface area contributed by atoms with E-state index in [-0.39, 0.29) is 6.10 Å². The van der Waals surface area contributed by atoms with E-state index in [1.807, 2.05) is 4.90 Å². The van der Waals surface area contributed by atoms with Crippen LogP contribution in [0.25, 0.3) is 0 Å². The average Bonchev–Trinajstić information content (AvgIpc) is 2.29. The number of nitrogens with zero attached hydrogens (tertiary/aromatic N) is 1. The van der Waals surface area contributed by atoms with Gasteiger partial charge in [0.2, 0.25) is 5.91 Å². The Morgan fingerprint density at radius 1 is 1.47 bits per heavy atom. The van der Waals surface area contributed by atoms with Gasteiger partial charge in [-0.05, 0) is 31.0 Å². The zero-order valence-corrected chi connectivity index (χ0v) is 9.60. The van der Waals surface area contributed by atoms with Crippen LogP contribution in [0.3, 0.4) is 0 Å². The van der Waals surface area contributed by atoms with Crippen LogP contribution in [-0.2, 0) is 0 Å². The van der Waals surface area contributed by atoms with E-state index < -0.39 is 5.91 Å². The van der Waals surface area contributed by atoms with E-state index in [0.29, 0.717) is 17.8 Å². The van der Waals surface area contributed by atoms with Gasteiger partial charge in [-0.15, -0.1) is 0 Å². The van der Waals surface area contributed by atoms with Crippen LogP contribution >= 0.6 is 0 Å². The van der Waals surface area contributed by atoms with Crippen molar-refractivity contribution < 1.29 is 9.90 Å². The molecule has 0 aliphatic carbocycles. The molecule has 5 N–H and O–H groups in total. The molecule has 5 heteroatoms. The molecule has 1 unspecified atom stereocenters. The van der Waals surface area contributed by atoms with Crippen molar-refractivity contribution in [3.05, 3.63) is 23.8 Å². The normalized spacial score (nSPS) is 20.3. The number of nitrogen functional groups attached to an aromatic ring is 1. The fourth-order valence-corrected chi connectivity index (χ4v) is 2.14. The molecule has 2 rings (SSSR count). The lowest BCUT2D eigenvalue weighted by Gasteiger charge is -2.32. The average molecular weight is 235 g/mol. The molecule has 0 spiro atoms. The minimum Gasteiger partial charge on any atom is -0.397 e. The molecule has 17 heavy (non-hydrogen) atoms. The molecule has 0 bridgehead atoms. The standard InChI is InChI=1S/C12H17N3O2/c13-10-4-3-8(12(14)17)6-11(10)15-5-1-2-9(16)7-15/h3-4,6,9,16H,1-2,5,7,13H2,(H2,14,17). The lowest BCUT2D eigenvalue weighted by atomic mass is 10.1. The summed E-state index contributed by atoms with van der Waals surface area (Å²) in [4.78, 5) is 13.1. The van der Waals surface area contributed by atoms with E-state index in [4.69, 9.17) is 11.5 Å². The predicted molar refractivity (Wildman–Crippen MR) is 66.8 cm³/mol. The first-order chi connectivity index (χ1) is 8.08. The summed E-state index contributed by atoms with van der Waals surface area (Å²) in [5.74, 6) is -0.469.